The molecule has 118 valence electrons. The Morgan fingerprint density at radius 3 is 2.55 bits per heavy atom. The lowest BCUT2D eigenvalue weighted by Gasteiger charge is -2.36. The summed E-state index contributed by atoms with van der Waals surface area (Å²) in [5.74, 6) is 0. The monoisotopic (exact) mass is 281 g/mol. The smallest absolute Gasteiger partial charge is 0.0235 e. The Morgan fingerprint density at radius 1 is 1.20 bits per heavy atom. The van der Waals surface area contributed by atoms with Crippen LogP contribution in [-0.2, 0) is 0 Å². The van der Waals surface area contributed by atoms with Gasteiger partial charge in [-0.25, -0.2) is 0 Å². The van der Waals surface area contributed by atoms with Gasteiger partial charge in [0.2, 0.25) is 0 Å². The molecule has 20 heavy (non-hydrogen) atoms. The van der Waals surface area contributed by atoms with E-state index in [0.29, 0.717) is 11.5 Å². The summed E-state index contributed by atoms with van der Waals surface area (Å²) in [4.78, 5) is 5.43. The minimum absolute atomic E-state index is 0.356. The van der Waals surface area contributed by atoms with Gasteiger partial charge in [0, 0.05) is 25.2 Å². The number of nitrogens with one attached hydrogen (secondary N) is 1. The maximum absolute atomic E-state index is 3.68. The van der Waals surface area contributed by atoms with Crippen molar-refractivity contribution in [3.63, 3.8) is 0 Å². The van der Waals surface area contributed by atoms with Gasteiger partial charge in [-0.05, 0) is 64.2 Å². The number of nitrogens with zero attached hydrogens (tertiary/aromatic N) is 2. The molecule has 0 aromatic heterocycles. The molecule has 2 atom stereocenters. The Bertz CT molecular complexity index is 284. The number of hydrogen-bond donors (Lipinski definition) is 1. The van der Waals surface area contributed by atoms with Gasteiger partial charge in [0.1, 0.15) is 0 Å². The van der Waals surface area contributed by atoms with Crippen molar-refractivity contribution in [2.24, 2.45) is 5.41 Å². The predicted octanol–water partition coefficient (Wildman–Crippen LogP) is 2.57. The van der Waals surface area contributed by atoms with Crippen molar-refractivity contribution in [1.82, 2.24) is 15.1 Å². The second-order valence-corrected chi connectivity index (χ2v) is 7.59. The molecule has 2 heterocycles. The van der Waals surface area contributed by atoms with Gasteiger partial charge in [-0.2, -0.15) is 0 Å². The van der Waals surface area contributed by atoms with E-state index in [2.05, 4.69) is 42.8 Å². The van der Waals surface area contributed by atoms with E-state index < -0.39 is 0 Å². The van der Waals surface area contributed by atoms with Crippen LogP contribution in [0.2, 0.25) is 0 Å². The Kier molecular flexibility index (Phi) is 5.88. The molecule has 0 aromatic carbocycles. The van der Waals surface area contributed by atoms with Crippen LogP contribution in [0.4, 0.5) is 0 Å². The predicted molar refractivity (Wildman–Crippen MR) is 87.2 cm³/mol. The van der Waals surface area contributed by atoms with Crippen molar-refractivity contribution in [2.75, 3.05) is 39.3 Å². The van der Waals surface area contributed by atoms with Gasteiger partial charge in [0.25, 0.3) is 0 Å². The first kappa shape index (κ1) is 16.3. The van der Waals surface area contributed by atoms with E-state index in [1.807, 2.05) is 0 Å². The summed E-state index contributed by atoms with van der Waals surface area (Å²) in [6.45, 7) is 17.1. The zero-order chi connectivity index (χ0) is 14.6. The number of hydrogen-bond acceptors (Lipinski definition) is 3. The average molecular weight is 281 g/mol. The molecular weight excluding hydrogens is 246 g/mol. The second-order valence-electron chi connectivity index (χ2n) is 7.59. The maximum atomic E-state index is 3.68. The standard InChI is InChI=1S/C17H35N3/c1-5-9-18-15(2)17(3,4)14-19-12-8-16(13-19)20-10-6-7-11-20/h15-16,18H,5-14H2,1-4H3. The Balaban J connectivity index is 1.78. The van der Waals surface area contributed by atoms with Gasteiger partial charge < -0.3 is 10.2 Å². The van der Waals surface area contributed by atoms with E-state index in [-0.39, 0.29) is 0 Å². The minimum atomic E-state index is 0.356. The highest BCUT2D eigenvalue weighted by Gasteiger charge is 2.34. The van der Waals surface area contributed by atoms with Gasteiger partial charge in [-0.1, -0.05) is 20.8 Å². The molecule has 2 fully saturated rings. The van der Waals surface area contributed by atoms with Gasteiger partial charge in [-0.15, -0.1) is 0 Å². The van der Waals surface area contributed by atoms with E-state index in [9.17, 15) is 0 Å². The molecule has 3 heteroatoms. The Morgan fingerprint density at radius 2 is 1.90 bits per heavy atom. The lowest BCUT2D eigenvalue weighted by atomic mass is 9.84. The molecule has 0 spiro atoms. The fourth-order valence-corrected chi connectivity index (χ4v) is 3.71. The molecule has 2 aliphatic heterocycles. The molecule has 2 aliphatic rings. The average Bonchev–Trinajstić information content (AvgIpc) is 3.05. The third-order valence-corrected chi connectivity index (χ3v) is 5.41. The molecule has 0 aliphatic carbocycles. The quantitative estimate of drug-likeness (QED) is 0.774. The van der Waals surface area contributed by atoms with E-state index >= 15 is 0 Å². The molecule has 2 saturated heterocycles. The Hall–Kier alpha value is -0.120. The Labute approximate surface area is 126 Å². The summed E-state index contributed by atoms with van der Waals surface area (Å²) in [5.41, 5.74) is 0.356. The van der Waals surface area contributed by atoms with Crippen molar-refractivity contribution in [3.05, 3.63) is 0 Å². The summed E-state index contributed by atoms with van der Waals surface area (Å²) in [6.07, 6.45) is 5.44. The first-order valence-corrected chi connectivity index (χ1v) is 8.72. The highest BCUT2D eigenvalue weighted by molar-refractivity contribution is 4.90. The van der Waals surface area contributed by atoms with E-state index in [4.69, 9.17) is 0 Å². The van der Waals surface area contributed by atoms with Gasteiger partial charge in [0.05, 0.1) is 0 Å². The minimum Gasteiger partial charge on any atom is -0.314 e. The molecule has 0 amide bonds. The summed E-state index contributed by atoms with van der Waals surface area (Å²) in [5, 5.41) is 3.68. The van der Waals surface area contributed by atoms with Crippen LogP contribution in [0.25, 0.3) is 0 Å². The van der Waals surface area contributed by atoms with Crippen LogP contribution in [-0.4, -0.2) is 61.2 Å². The van der Waals surface area contributed by atoms with E-state index in [0.717, 1.165) is 12.6 Å². The zero-order valence-corrected chi connectivity index (χ0v) is 14.1. The van der Waals surface area contributed by atoms with Crippen LogP contribution in [0.5, 0.6) is 0 Å². The van der Waals surface area contributed by atoms with Gasteiger partial charge in [-0.3, -0.25) is 4.90 Å². The fourth-order valence-electron chi connectivity index (χ4n) is 3.71. The van der Waals surface area contributed by atoms with Crippen LogP contribution in [0.15, 0.2) is 0 Å². The molecule has 2 unspecified atom stereocenters. The molecule has 3 nitrogen and oxygen atoms in total. The van der Waals surface area contributed by atoms with E-state index in [1.165, 1.54) is 58.4 Å². The lowest BCUT2D eigenvalue weighted by molar-refractivity contribution is 0.152. The maximum Gasteiger partial charge on any atom is 0.0235 e. The van der Waals surface area contributed by atoms with Crippen molar-refractivity contribution >= 4 is 0 Å². The van der Waals surface area contributed by atoms with Crippen LogP contribution in [0.1, 0.15) is 53.4 Å². The molecule has 0 radical (unpaired) electrons. The molecular formula is C17H35N3. The lowest BCUT2D eigenvalue weighted by Crippen LogP contribution is -2.47. The van der Waals surface area contributed by atoms with Crippen LogP contribution in [0, 0.1) is 5.41 Å². The van der Waals surface area contributed by atoms with Crippen molar-refractivity contribution in [3.8, 4) is 0 Å². The van der Waals surface area contributed by atoms with Crippen LogP contribution in [0.3, 0.4) is 0 Å². The second kappa shape index (κ2) is 7.24. The molecule has 0 bridgehead atoms. The summed E-state index contributed by atoms with van der Waals surface area (Å²) < 4.78 is 0. The topological polar surface area (TPSA) is 18.5 Å². The molecule has 0 saturated carbocycles. The van der Waals surface area contributed by atoms with Crippen molar-refractivity contribution in [2.45, 2.75) is 65.5 Å². The summed E-state index contributed by atoms with van der Waals surface area (Å²) in [7, 11) is 0. The van der Waals surface area contributed by atoms with Crippen molar-refractivity contribution in [1.29, 1.82) is 0 Å². The third-order valence-electron chi connectivity index (χ3n) is 5.41. The molecule has 0 aromatic rings. The first-order valence-electron chi connectivity index (χ1n) is 8.72. The number of likely N-dealkylation sites (tertiary alicyclic amines) is 2. The van der Waals surface area contributed by atoms with Crippen molar-refractivity contribution < 1.29 is 0 Å². The van der Waals surface area contributed by atoms with E-state index in [1.54, 1.807) is 0 Å². The van der Waals surface area contributed by atoms with Crippen LogP contribution >= 0.6 is 0 Å². The first-order chi connectivity index (χ1) is 9.53. The number of rotatable bonds is 7. The van der Waals surface area contributed by atoms with Gasteiger partial charge in [0.15, 0.2) is 0 Å². The molecule has 2 rings (SSSR count). The third kappa shape index (κ3) is 4.19. The fraction of sp³-hybridized carbons (Fsp3) is 1.00. The van der Waals surface area contributed by atoms with Gasteiger partial charge >= 0.3 is 0 Å². The summed E-state index contributed by atoms with van der Waals surface area (Å²) >= 11 is 0. The highest BCUT2D eigenvalue weighted by atomic mass is 15.3. The largest absolute Gasteiger partial charge is 0.314 e. The highest BCUT2D eigenvalue weighted by Crippen LogP contribution is 2.26. The SMILES string of the molecule is CCCNC(C)C(C)(C)CN1CCC(N2CCCC2)C1. The summed E-state index contributed by atoms with van der Waals surface area (Å²) in [6, 6.07) is 1.43. The zero-order valence-electron chi connectivity index (χ0n) is 14.1. The normalized spacial score (nSPS) is 27.3. The molecule has 1 N–H and O–H groups in total. The van der Waals surface area contributed by atoms with Crippen LogP contribution < -0.4 is 5.32 Å².